The number of hydrogen-bond acceptors (Lipinski definition) is 3. The normalized spacial score (nSPS) is 27.9. The number of nitrogens with zero attached hydrogens (tertiary/aromatic N) is 2. The Morgan fingerprint density at radius 1 is 1.44 bits per heavy atom. The number of allylic oxidation sites excluding steroid dienone is 3. The van der Waals surface area contributed by atoms with Crippen LogP contribution in [0.15, 0.2) is 40.5 Å². The Balaban J connectivity index is 1.84. The summed E-state index contributed by atoms with van der Waals surface area (Å²) in [7, 11) is 0. The van der Waals surface area contributed by atoms with Crippen molar-refractivity contribution in [3.8, 4) is 0 Å². The molecule has 0 saturated carbocycles. The number of aliphatic imine (C=N–C) groups is 1. The summed E-state index contributed by atoms with van der Waals surface area (Å²) in [5, 5.41) is 1.61. The van der Waals surface area contributed by atoms with Gasteiger partial charge in [0, 0.05) is 12.1 Å². The molecule has 0 aliphatic carbocycles. The van der Waals surface area contributed by atoms with E-state index in [4.69, 9.17) is 4.84 Å². The molecule has 1 atom stereocenters. The lowest BCUT2D eigenvalue weighted by atomic mass is 9.89. The highest BCUT2D eigenvalue weighted by Crippen LogP contribution is 2.36. The van der Waals surface area contributed by atoms with Crippen molar-refractivity contribution in [3.05, 3.63) is 35.5 Å². The third-order valence-electron chi connectivity index (χ3n) is 3.15. The van der Waals surface area contributed by atoms with E-state index in [1.165, 1.54) is 11.6 Å². The average Bonchev–Trinajstić information content (AvgIpc) is 2.73. The van der Waals surface area contributed by atoms with Crippen molar-refractivity contribution in [1.82, 2.24) is 5.06 Å². The lowest BCUT2D eigenvalue weighted by Crippen LogP contribution is -2.23. The van der Waals surface area contributed by atoms with Gasteiger partial charge in [-0.05, 0) is 37.1 Å². The maximum atomic E-state index is 13.0. The molecule has 0 fully saturated rings. The van der Waals surface area contributed by atoms with E-state index < -0.39 is 0 Å². The van der Waals surface area contributed by atoms with Crippen LogP contribution in [0.2, 0.25) is 0 Å². The van der Waals surface area contributed by atoms with E-state index in [2.05, 4.69) is 4.99 Å². The van der Waals surface area contributed by atoms with Gasteiger partial charge >= 0.3 is 0 Å². The number of halogens is 1. The smallest absolute Gasteiger partial charge is 0.125 e. The van der Waals surface area contributed by atoms with Crippen LogP contribution in [0.25, 0.3) is 0 Å². The summed E-state index contributed by atoms with van der Waals surface area (Å²) in [6, 6.07) is 0. The topological polar surface area (TPSA) is 24.8 Å². The first-order valence-electron chi connectivity index (χ1n) is 5.54. The van der Waals surface area contributed by atoms with Crippen molar-refractivity contribution in [1.29, 1.82) is 0 Å². The van der Waals surface area contributed by atoms with E-state index in [1.807, 2.05) is 6.21 Å². The first-order chi connectivity index (χ1) is 7.84. The Labute approximate surface area is 93.6 Å². The molecule has 0 N–H and O–H groups in total. The molecule has 0 amide bonds. The first kappa shape index (κ1) is 9.63. The molecule has 16 heavy (non-hydrogen) atoms. The molecule has 0 aromatic heterocycles. The van der Waals surface area contributed by atoms with Gasteiger partial charge in [0.05, 0.1) is 5.70 Å². The standard InChI is InChI=1S/C12H13FN2O/c13-10-1-2-12-11(8-16-15(12)7-10)9-3-5-14-6-4-9/h1-2,5,8-9H,3-4,6-7H2. The minimum atomic E-state index is -0.163. The molecule has 0 aromatic carbocycles. The summed E-state index contributed by atoms with van der Waals surface area (Å²) in [5.41, 5.74) is 2.18. The minimum absolute atomic E-state index is 0.163. The first-order valence-corrected chi connectivity index (χ1v) is 5.54. The Kier molecular flexibility index (Phi) is 2.27. The number of hydrogen-bond donors (Lipinski definition) is 0. The highest BCUT2D eigenvalue weighted by molar-refractivity contribution is 5.60. The van der Waals surface area contributed by atoms with E-state index in [1.54, 1.807) is 17.4 Å². The van der Waals surface area contributed by atoms with Gasteiger partial charge in [0.25, 0.3) is 0 Å². The molecule has 0 saturated heterocycles. The molecule has 84 valence electrons. The molecule has 4 heteroatoms. The number of rotatable bonds is 1. The molecule has 1 unspecified atom stereocenters. The SMILES string of the molecule is FC1=CC=C2C(C3CC=NCC3)=CON2C1. The predicted molar refractivity (Wildman–Crippen MR) is 59.2 cm³/mol. The second kappa shape index (κ2) is 3.77. The Morgan fingerprint density at radius 2 is 2.38 bits per heavy atom. The fourth-order valence-corrected chi connectivity index (χ4v) is 2.27. The maximum Gasteiger partial charge on any atom is 0.125 e. The van der Waals surface area contributed by atoms with Gasteiger partial charge in [-0.25, -0.2) is 9.45 Å². The zero-order valence-electron chi connectivity index (χ0n) is 8.90. The average molecular weight is 220 g/mol. The zero-order valence-corrected chi connectivity index (χ0v) is 8.90. The molecule has 3 heterocycles. The maximum absolute atomic E-state index is 13.0. The summed E-state index contributed by atoms with van der Waals surface area (Å²) < 4.78 is 13.0. The van der Waals surface area contributed by atoms with E-state index in [0.717, 1.165) is 25.1 Å². The Hall–Kier alpha value is -1.58. The lowest BCUT2D eigenvalue weighted by molar-refractivity contribution is -0.0475. The molecular weight excluding hydrogens is 207 g/mol. The van der Waals surface area contributed by atoms with E-state index >= 15 is 0 Å². The molecule has 3 aliphatic rings. The van der Waals surface area contributed by atoms with Gasteiger partial charge in [-0.1, -0.05) is 0 Å². The van der Waals surface area contributed by atoms with Crippen molar-refractivity contribution < 1.29 is 9.23 Å². The Bertz CT molecular complexity index is 423. The second-order valence-corrected chi connectivity index (χ2v) is 4.19. The van der Waals surface area contributed by atoms with E-state index in [0.29, 0.717) is 5.92 Å². The van der Waals surface area contributed by atoms with Crippen LogP contribution in [0.4, 0.5) is 4.39 Å². The van der Waals surface area contributed by atoms with Gasteiger partial charge in [-0.2, -0.15) is 0 Å². The fourth-order valence-electron chi connectivity index (χ4n) is 2.27. The van der Waals surface area contributed by atoms with Crippen molar-refractivity contribution >= 4 is 6.21 Å². The van der Waals surface area contributed by atoms with E-state index in [9.17, 15) is 4.39 Å². The molecule has 3 aliphatic heterocycles. The molecule has 0 radical (unpaired) electrons. The molecule has 0 bridgehead atoms. The number of hydroxylamine groups is 2. The molecular formula is C12H13FN2O. The fraction of sp³-hybridized carbons (Fsp3) is 0.417. The highest BCUT2D eigenvalue weighted by Gasteiger charge is 2.30. The van der Waals surface area contributed by atoms with Gasteiger partial charge in [-0.15, -0.1) is 0 Å². The van der Waals surface area contributed by atoms with Crippen molar-refractivity contribution in [2.45, 2.75) is 12.8 Å². The summed E-state index contributed by atoms with van der Waals surface area (Å²) in [6.45, 7) is 1.09. The van der Waals surface area contributed by atoms with Crippen molar-refractivity contribution in [2.24, 2.45) is 10.9 Å². The van der Waals surface area contributed by atoms with Crippen LogP contribution in [0.5, 0.6) is 0 Å². The van der Waals surface area contributed by atoms with Gasteiger partial charge in [-0.3, -0.25) is 4.99 Å². The highest BCUT2D eigenvalue weighted by atomic mass is 19.1. The number of fused-ring (bicyclic) bond motifs is 1. The summed E-state index contributed by atoms with van der Waals surface area (Å²) in [4.78, 5) is 9.59. The second-order valence-electron chi connectivity index (χ2n) is 4.19. The summed E-state index contributed by atoms with van der Waals surface area (Å²) >= 11 is 0. The monoisotopic (exact) mass is 220 g/mol. The van der Waals surface area contributed by atoms with Crippen LogP contribution in [-0.2, 0) is 4.84 Å². The third kappa shape index (κ3) is 1.54. The van der Waals surface area contributed by atoms with Gasteiger partial charge in [0.2, 0.25) is 0 Å². The largest absolute Gasteiger partial charge is 0.387 e. The molecule has 3 rings (SSSR count). The van der Waals surface area contributed by atoms with Crippen LogP contribution in [0.3, 0.4) is 0 Å². The van der Waals surface area contributed by atoms with Crippen LogP contribution in [0, 0.1) is 5.92 Å². The van der Waals surface area contributed by atoms with Crippen LogP contribution in [0.1, 0.15) is 12.8 Å². The molecule has 0 spiro atoms. The Morgan fingerprint density at radius 3 is 3.19 bits per heavy atom. The quantitative estimate of drug-likeness (QED) is 0.677. The molecule has 0 aromatic rings. The summed E-state index contributed by atoms with van der Waals surface area (Å²) in [5.74, 6) is 0.298. The van der Waals surface area contributed by atoms with Crippen LogP contribution in [-0.4, -0.2) is 24.4 Å². The third-order valence-corrected chi connectivity index (χ3v) is 3.15. The summed E-state index contributed by atoms with van der Waals surface area (Å²) in [6.07, 6.45) is 9.03. The van der Waals surface area contributed by atoms with E-state index in [-0.39, 0.29) is 12.4 Å². The van der Waals surface area contributed by atoms with Crippen molar-refractivity contribution in [2.75, 3.05) is 13.1 Å². The van der Waals surface area contributed by atoms with Crippen molar-refractivity contribution in [3.63, 3.8) is 0 Å². The van der Waals surface area contributed by atoms with Gasteiger partial charge in [0.1, 0.15) is 18.6 Å². The predicted octanol–water partition coefficient (Wildman–Crippen LogP) is 2.35. The van der Waals surface area contributed by atoms with Crippen LogP contribution < -0.4 is 0 Å². The lowest BCUT2D eigenvalue weighted by Gasteiger charge is -2.24. The zero-order chi connectivity index (χ0) is 11.0. The molecule has 3 nitrogen and oxygen atoms in total. The minimum Gasteiger partial charge on any atom is -0.387 e. The van der Waals surface area contributed by atoms with Gasteiger partial charge in [0.15, 0.2) is 0 Å². The van der Waals surface area contributed by atoms with Crippen LogP contribution >= 0.6 is 0 Å². The van der Waals surface area contributed by atoms with Gasteiger partial charge < -0.3 is 4.84 Å².